The summed E-state index contributed by atoms with van der Waals surface area (Å²) in [6.45, 7) is 2.50. The van der Waals surface area contributed by atoms with E-state index in [0.29, 0.717) is 18.1 Å². The maximum atomic E-state index is 11.8. The molecule has 1 aromatic carbocycles. The first kappa shape index (κ1) is 14.5. The van der Waals surface area contributed by atoms with Gasteiger partial charge in [0, 0.05) is 23.0 Å². The zero-order valence-corrected chi connectivity index (χ0v) is 12.9. The van der Waals surface area contributed by atoms with Gasteiger partial charge in [-0.05, 0) is 31.9 Å². The Hall–Kier alpha value is -1.44. The van der Waals surface area contributed by atoms with Gasteiger partial charge in [0.1, 0.15) is 5.60 Å². The number of benzene rings is 1. The molecule has 1 aromatic heterocycles. The van der Waals surface area contributed by atoms with Crippen LogP contribution < -0.4 is 0 Å². The van der Waals surface area contributed by atoms with Crippen LogP contribution in [0.4, 0.5) is 0 Å². The zero-order chi connectivity index (χ0) is 15.1. The largest absolute Gasteiger partial charge is 0.367 e. The fourth-order valence-electron chi connectivity index (χ4n) is 2.54. The summed E-state index contributed by atoms with van der Waals surface area (Å²) in [4.78, 5) is 0. The maximum absolute atomic E-state index is 11.8. The van der Waals surface area contributed by atoms with Crippen LogP contribution in [0.2, 0.25) is 0 Å². The van der Waals surface area contributed by atoms with Crippen molar-refractivity contribution in [3.05, 3.63) is 36.2 Å². The lowest BCUT2D eigenvalue weighted by atomic mass is 10.0. The van der Waals surface area contributed by atoms with Crippen molar-refractivity contribution in [2.24, 2.45) is 0 Å². The number of hydrogen-bond acceptors (Lipinski definition) is 5. The summed E-state index contributed by atoms with van der Waals surface area (Å²) in [7, 11) is 1.48. The van der Waals surface area contributed by atoms with Gasteiger partial charge in [-0.3, -0.25) is 4.57 Å². The molecule has 0 amide bonds. The second kappa shape index (κ2) is 5.08. The van der Waals surface area contributed by atoms with E-state index in [1.54, 1.807) is 12.1 Å². The maximum Gasteiger partial charge on any atom is 0.297 e. The van der Waals surface area contributed by atoms with Crippen molar-refractivity contribution in [1.82, 2.24) is 14.8 Å². The first-order chi connectivity index (χ1) is 9.92. The molecule has 1 aliphatic heterocycles. The van der Waals surface area contributed by atoms with E-state index in [4.69, 9.17) is 15.4 Å². The lowest BCUT2D eigenvalue weighted by Gasteiger charge is -2.23. The number of hydrogen-bond donors (Lipinski definition) is 0. The first-order valence-electron chi connectivity index (χ1n) is 6.52. The van der Waals surface area contributed by atoms with Crippen molar-refractivity contribution in [3.63, 3.8) is 0 Å². The fourth-order valence-corrected chi connectivity index (χ4v) is 3.38. The van der Waals surface area contributed by atoms with E-state index in [2.05, 4.69) is 10.2 Å². The second-order valence-corrected chi connectivity index (χ2v) is 7.56. The fraction of sp³-hybridized carbons (Fsp3) is 0.385. The Labute approximate surface area is 127 Å². The molecule has 1 unspecified atom stereocenters. The van der Waals surface area contributed by atoms with Crippen molar-refractivity contribution < 1.29 is 13.2 Å². The number of para-hydroxylation sites is 1. The van der Waals surface area contributed by atoms with Crippen LogP contribution in [0.1, 0.15) is 25.6 Å². The standard InChI is InChI=1S/C13H14ClN3O3S/c1-13(8-5-9-20-13)11-15-16-12(21(14,18)19)17(11)10-6-3-2-4-7-10/h2-4,6-7H,5,8-9H2,1H3. The van der Waals surface area contributed by atoms with Crippen molar-refractivity contribution in [2.45, 2.75) is 30.5 Å². The van der Waals surface area contributed by atoms with Crippen LogP contribution in [-0.2, 0) is 19.4 Å². The third kappa shape index (κ3) is 2.56. The van der Waals surface area contributed by atoms with E-state index in [1.165, 1.54) is 4.57 Å². The molecule has 1 fully saturated rings. The summed E-state index contributed by atoms with van der Waals surface area (Å²) in [5.41, 5.74) is -0.0312. The van der Waals surface area contributed by atoms with Gasteiger partial charge < -0.3 is 4.74 Å². The summed E-state index contributed by atoms with van der Waals surface area (Å²) < 4.78 is 30.7. The van der Waals surface area contributed by atoms with E-state index in [9.17, 15) is 8.42 Å². The average Bonchev–Trinajstić information content (AvgIpc) is 3.06. The van der Waals surface area contributed by atoms with Crippen LogP contribution in [0.25, 0.3) is 5.69 Å². The second-order valence-electron chi connectivity index (χ2n) is 5.10. The molecule has 1 saturated heterocycles. The smallest absolute Gasteiger partial charge is 0.297 e. The van der Waals surface area contributed by atoms with Gasteiger partial charge in [-0.2, -0.15) is 0 Å². The molecule has 1 atom stereocenters. The van der Waals surface area contributed by atoms with E-state index < -0.39 is 14.7 Å². The summed E-state index contributed by atoms with van der Waals surface area (Å²) in [6.07, 6.45) is 1.64. The highest BCUT2D eigenvalue weighted by Gasteiger charge is 2.39. The molecule has 0 saturated carbocycles. The minimum atomic E-state index is -4.01. The Morgan fingerprint density at radius 1 is 1.29 bits per heavy atom. The van der Waals surface area contributed by atoms with Crippen molar-refractivity contribution >= 4 is 19.7 Å². The highest BCUT2D eigenvalue weighted by Crippen LogP contribution is 2.36. The lowest BCUT2D eigenvalue weighted by Crippen LogP contribution is -2.25. The Morgan fingerprint density at radius 3 is 2.57 bits per heavy atom. The molecule has 8 heteroatoms. The number of aromatic nitrogens is 3. The number of rotatable bonds is 3. The minimum absolute atomic E-state index is 0.290. The monoisotopic (exact) mass is 327 g/mol. The quantitative estimate of drug-likeness (QED) is 0.808. The Kier molecular flexibility index (Phi) is 3.51. The summed E-state index contributed by atoms with van der Waals surface area (Å²) in [5.74, 6) is 0.449. The summed E-state index contributed by atoms with van der Waals surface area (Å²) >= 11 is 0. The van der Waals surface area contributed by atoms with Gasteiger partial charge in [-0.25, -0.2) is 8.42 Å². The third-order valence-electron chi connectivity index (χ3n) is 3.56. The topological polar surface area (TPSA) is 74.1 Å². The van der Waals surface area contributed by atoms with Crippen LogP contribution in [0.3, 0.4) is 0 Å². The van der Waals surface area contributed by atoms with Crippen LogP contribution in [-0.4, -0.2) is 29.8 Å². The van der Waals surface area contributed by atoms with Gasteiger partial charge in [-0.15, -0.1) is 10.2 Å². The molecule has 1 aliphatic rings. The summed E-state index contributed by atoms with van der Waals surface area (Å²) in [6, 6.07) is 9.01. The molecule has 0 aliphatic carbocycles. The molecule has 0 spiro atoms. The molecular weight excluding hydrogens is 314 g/mol. The number of ether oxygens (including phenoxy) is 1. The minimum Gasteiger partial charge on any atom is -0.367 e. The zero-order valence-electron chi connectivity index (χ0n) is 11.4. The van der Waals surface area contributed by atoms with Gasteiger partial charge in [0.2, 0.25) is 0 Å². The molecule has 2 heterocycles. The predicted molar refractivity (Wildman–Crippen MR) is 76.9 cm³/mol. The Morgan fingerprint density at radius 2 is 2.00 bits per heavy atom. The molecule has 112 valence electrons. The van der Waals surface area contributed by atoms with Crippen LogP contribution in [0.5, 0.6) is 0 Å². The third-order valence-corrected chi connectivity index (χ3v) is 4.67. The van der Waals surface area contributed by atoms with Crippen molar-refractivity contribution in [2.75, 3.05) is 6.61 Å². The highest BCUT2D eigenvalue weighted by molar-refractivity contribution is 8.13. The molecule has 0 bridgehead atoms. The van der Waals surface area contributed by atoms with Gasteiger partial charge in [0.25, 0.3) is 14.2 Å². The number of halogens is 1. The van der Waals surface area contributed by atoms with E-state index in [-0.39, 0.29) is 5.16 Å². The van der Waals surface area contributed by atoms with Gasteiger partial charge >= 0.3 is 0 Å². The van der Waals surface area contributed by atoms with Crippen LogP contribution in [0, 0.1) is 0 Å². The molecular formula is C13H14ClN3O3S. The molecule has 21 heavy (non-hydrogen) atoms. The molecule has 2 aromatic rings. The van der Waals surface area contributed by atoms with Crippen LogP contribution >= 0.6 is 10.7 Å². The SMILES string of the molecule is CC1(c2nnc(S(=O)(=O)Cl)n2-c2ccccc2)CCCO1. The Balaban J connectivity index is 2.25. The van der Waals surface area contributed by atoms with Crippen LogP contribution in [0.15, 0.2) is 35.5 Å². The molecule has 6 nitrogen and oxygen atoms in total. The van der Waals surface area contributed by atoms with Gasteiger partial charge in [-0.1, -0.05) is 18.2 Å². The Bertz CT molecular complexity index is 752. The average molecular weight is 328 g/mol. The van der Waals surface area contributed by atoms with Gasteiger partial charge in [0.05, 0.1) is 0 Å². The first-order valence-corrected chi connectivity index (χ1v) is 8.83. The molecule has 0 N–H and O–H groups in total. The summed E-state index contributed by atoms with van der Waals surface area (Å²) in [5, 5.41) is 7.51. The normalized spacial score (nSPS) is 22.6. The van der Waals surface area contributed by atoms with Gasteiger partial charge in [0.15, 0.2) is 5.82 Å². The predicted octanol–water partition coefficient (Wildman–Crippen LogP) is 2.22. The number of nitrogens with zero attached hydrogens (tertiary/aromatic N) is 3. The van der Waals surface area contributed by atoms with E-state index in [1.807, 2.05) is 25.1 Å². The van der Waals surface area contributed by atoms with Crippen molar-refractivity contribution in [3.8, 4) is 5.69 Å². The highest BCUT2D eigenvalue weighted by atomic mass is 35.7. The molecule has 0 radical (unpaired) electrons. The van der Waals surface area contributed by atoms with Crippen molar-refractivity contribution in [1.29, 1.82) is 0 Å². The van der Waals surface area contributed by atoms with E-state index >= 15 is 0 Å². The van der Waals surface area contributed by atoms with E-state index in [0.717, 1.165) is 12.8 Å². The molecule has 3 rings (SSSR count). The lowest BCUT2D eigenvalue weighted by molar-refractivity contribution is 0.00763.